The summed E-state index contributed by atoms with van der Waals surface area (Å²) in [5.74, 6) is -0.214. The van der Waals surface area contributed by atoms with Crippen LogP contribution in [0.4, 0.5) is 13.2 Å². The fraction of sp³-hybridized carbons (Fsp3) is 0.611. The van der Waals surface area contributed by atoms with Gasteiger partial charge >= 0.3 is 6.18 Å². The molecule has 1 atom stereocenters. The van der Waals surface area contributed by atoms with Gasteiger partial charge in [-0.05, 0) is 30.9 Å². The van der Waals surface area contributed by atoms with Gasteiger partial charge in [0.25, 0.3) is 0 Å². The first-order valence-electron chi connectivity index (χ1n) is 8.33. The molecule has 0 bridgehead atoms. The van der Waals surface area contributed by atoms with Crippen LogP contribution >= 0.6 is 0 Å². The number of aliphatic hydroxyl groups is 1. The molecule has 1 aliphatic rings. The smallest absolute Gasteiger partial charge is 0.396 e. The zero-order valence-corrected chi connectivity index (χ0v) is 14.3. The minimum atomic E-state index is -4.42. The molecule has 0 aromatic heterocycles. The van der Waals surface area contributed by atoms with E-state index in [1.54, 1.807) is 12.0 Å². The van der Waals surface area contributed by atoms with Crippen molar-refractivity contribution < 1.29 is 27.8 Å². The zero-order valence-electron chi connectivity index (χ0n) is 14.3. The van der Waals surface area contributed by atoms with E-state index in [4.69, 9.17) is 4.74 Å². The number of amides is 1. The number of benzene rings is 1. The maximum Gasteiger partial charge on any atom is 0.416 e. The van der Waals surface area contributed by atoms with Crippen molar-refractivity contribution in [2.24, 2.45) is 5.41 Å². The summed E-state index contributed by atoms with van der Waals surface area (Å²) in [5.41, 5.74) is -0.796. The lowest BCUT2D eigenvalue weighted by molar-refractivity contribution is -0.138. The molecule has 0 aliphatic carbocycles. The van der Waals surface area contributed by atoms with Crippen molar-refractivity contribution in [3.63, 3.8) is 0 Å². The number of aliphatic hydroxyl groups excluding tert-OH is 1. The molecule has 1 aromatic rings. The minimum absolute atomic E-state index is 0.0380. The molecule has 0 radical (unpaired) electrons. The predicted molar refractivity (Wildman–Crippen MR) is 87.0 cm³/mol. The molecule has 4 nitrogen and oxygen atoms in total. The number of carbonyl (C=O) groups is 1. The lowest BCUT2D eigenvalue weighted by Crippen LogP contribution is -2.48. The van der Waals surface area contributed by atoms with E-state index in [0.717, 1.165) is 25.0 Å². The SMILES string of the molecule is COCCC1(CO)CCCN(C(=O)Cc2cccc(C(F)(F)F)c2)C1. The highest BCUT2D eigenvalue weighted by molar-refractivity contribution is 5.79. The van der Waals surface area contributed by atoms with Gasteiger partial charge in [-0.1, -0.05) is 18.2 Å². The Bertz CT molecular complexity index is 591. The zero-order chi connectivity index (χ0) is 18.5. The van der Waals surface area contributed by atoms with E-state index in [-0.39, 0.29) is 18.9 Å². The van der Waals surface area contributed by atoms with Crippen molar-refractivity contribution in [1.29, 1.82) is 0 Å². The molecule has 0 saturated carbocycles. The van der Waals surface area contributed by atoms with E-state index >= 15 is 0 Å². The number of carbonyl (C=O) groups excluding carboxylic acids is 1. The summed E-state index contributed by atoms with van der Waals surface area (Å²) in [7, 11) is 1.59. The Kier molecular flexibility index (Phi) is 6.46. The number of methoxy groups -OCH3 is 1. The number of piperidine rings is 1. The molecule has 0 spiro atoms. The molecule has 25 heavy (non-hydrogen) atoms. The normalized spacial score (nSPS) is 21.4. The average molecular weight is 359 g/mol. The third-order valence-corrected chi connectivity index (χ3v) is 4.80. The Morgan fingerprint density at radius 3 is 2.80 bits per heavy atom. The molecule has 140 valence electrons. The largest absolute Gasteiger partial charge is 0.416 e. The van der Waals surface area contributed by atoms with Gasteiger partial charge in [0.15, 0.2) is 0 Å². The second kappa shape index (κ2) is 8.19. The van der Waals surface area contributed by atoms with Crippen LogP contribution < -0.4 is 0 Å². The number of likely N-dealkylation sites (tertiary alicyclic amines) is 1. The molecule has 2 rings (SSSR count). The van der Waals surface area contributed by atoms with Gasteiger partial charge in [0.2, 0.25) is 5.91 Å². The van der Waals surface area contributed by atoms with Gasteiger partial charge in [-0.3, -0.25) is 4.79 Å². The lowest BCUT2D eigenvalue weighted by Gasteiger charge is -2.42. The number of hydrogen-bond acceptors (Lipinski definition) is 3. The van der Waals surface area contributed by atoms with Crippen molar-refractivity contribution in [3.05, 3.63) is 35.4 Å². The standard InChI is InChI=1S/C18H24F3NO3/c1-25-9-7-17(13-23)6-3-8-22(12-17)16(24)11-14-4-2-5-15(10-14)18(19,20)21/h2,4-5,10,23H,3,6-9,11-13H2,1H3. The second-order valence-electron chi connectivity index (χ2n) is 6.69. The van der Waals surface area contributed by atoms with Crippen LogP contribution in [0.5, 0.6) is 0 Å². The summed E-state index contributed by atoms with van der Waals surface area (Å²) >= 11 is 0. The van der Waals surface area contributed by atoms with Crippen LogP contribution in [0.1, 0.15) is 30.4 Å². The Hall–Kier alpha value is -1.60. The van der Waals surface area contributed by atoms with Crippen LogP contribution in [0, 0.1) is 5.41 Å². The van der Waals surface area contributed by atoms with Gasteiger partial charge < -0.3 is 14.7 Å². The lowest BCUT2D eigenvalue weighted by atomic mass is 9.78. The number of halogens is 3. The first kappa shape index (κ1) is 19.7. The fourth-order valence-electron chi connectivity index (χ4n) is 3.30. The number of nitrogens with zero attached hydrogens (tertiary/aromatic N) is 1. The maximum atomic E-state index is 12.8. The number of ether oxygens (including phenoxy) is 1. The summed E-state index contributed by atoms with van der Waals surface area (Å²) < 4.78 is 43.5. The summed E-state index contributed by atoms with van der Waals surface area (Å²) in [6.45, 7) is 1.43. The van der Waals surface area contributed by atoms with E-state index in [0.29, 0.717) is 31.7 Å². The van der Waals surface area contributed by atoms with Crippen LogP contribution in [0.15, 0.2) is 24.3 Å². The van der Waals surface area contributed by atoms with Crippen molar-refractivity contribution in [1.82, 2.24) is 4.90 Å². The van der Waals surface area contributed by atoms with E-state index in [1.807, 2.05) is 0 Å². The summed E-state index contributed by atoms with van der Waals surface area (Å²) in [4.78, 5) is 14.2. The Morgan fingerprint density at radius 1 is 1.40 bits per heavy atom. The van der Waals surface area contributed by atoms with Crippen molar-refractivity contribution in [3.8, 4) is 0 Å². The molecule has 7 heteroatoms. The van der Waals surface area contributed by atoms with Crippen LogP contribution in [0.3, 0.4) is 0 Å². The number of rotatable bonds is 6. The molecule has 1 fully saturated rings. The molecule has 1 aromatic carbocycles. The maximum absolute atomic E-state index is 12.8. The van der Waals surface area contributed by atoms with Gasteiger partial charge in [-0.25, -0.2) is 0 Å². The molecular weight excluding hydrogens is 335 g/mol. The van der Waals surface area contributed by atoms with Gasteiger partial charge in [0, 0.05) is 32.2 Å². The van der Waals surface area contributed by atoms with Gasteiger partial charge in [-0.15, -0.1) is 0 Å². The van der Waals surface area contributed by atoms with Gasteiger partial charge in [0.05, 0.1) is 18.6 Å². The Morgan fingerprint density at radius 2 is 2.16 bits per heavy atom. The first-order chi connectivity index (χ1) is 11.8. The topological polar surface area (TPSA) is 49.8 Å². The minimum Gasteiger partial charge on any atom is -0.396 e. The molecular formula is C18H24F3NO3. The number of hydrogen-bond donors (Lipinski definition) is 1. The predicted octanol–water partition coefficient (Wildman–Crippen LogP) is 2.89. The third kappa shape index (κ3) is 5.19. The summed E-state index contributed by atoms with van der Waals surface area (Å²) in [5, 5.41) is 9.76. The quantitative estimate of drug-likeness (QED) is 0.850. The van der Waals surface area contributed by atoms with Crippen LogP contribution in [-0.2, 0) is 22.1 Å². The van der Waals surface area contributed by atoms with Crippen molar-refractivity contribution in [2.45, 2.75) is 31.9 Å². The average Bonchev–Trinajstić information content (AvgIpc) is 2.59. The third-order valence-electron chi connectivity index (χ3n) is 4.80. The van der Waals surface area contributed by atoms with Crippen LogP contribution in [0.25, 0.3) is 0 Å². The highest BCUT2D eigenvalue weighted by Crippen LogP contribution is 2.34. The first-order valence-corrected chi connectivity index (χ1v) is 8.33. The van der Waals surface area contributed by atoms with E-state index in [9.17, 15) is 23.1 Å². The molecule has 1 N–H and O–H groups in total. The van der Waals surface area contributed by atoms with Crippen LogP contribution in [0.2, 0.25) is 0 Å². The molecule has 1 heterocycles. The van der Waals surface area contributed by atoms with Crippen molar-refractivity contribution >= 4 is 5.91 Å². The Balaban J connectivity index is 2.05. The van der Waals surface area contributed by atoms with Crippen molar-refractivity contribution in [2.75, 3.05) is 33.4 Å². The summed E-state index contributed by atoms with van der Waals surface area (Å²) in [6.07, 6.45) is -2.28. The van der Waals surface area contributed by atoms with E-state index in [1.165, 1.54) is 12.1 Å². The summed E-state index contributed by atoms with van der Waals surface area (Å²) in [6, 6.07) is 4.86. The van der Waals surface area contributed by atoms with Gasteiger partial charge in [0.1, 0.15) is 0 Å². The van der Waals surface area contributed by atoms with E-state index in [2.05, 4.69) is 0 Å². The molecule has 1 amide bonds. The van der Waals surface area contributed by atoms with Crippen LogP contribution in [-0.4, -0.2) is 49.3 Å². The van der Waals surface area contributed by atoms with Gasteiger partial charge in [-0.2, -0.15) is 13.2 Å². The monoisotopic (exact) mass is 359 g/mol. The molecule has 1 aliphatic heterocycles. The second-order valence-corrected chi connectivity index (χ2v) is 6.69. The van der Waals surface area contributed by atoms with E-state index < -0.39 is 17.2 Å². The highest BCUT2D eigenvalue weighted by atomic mass is 19.4. The highest BCUT2D eigenvalue weighted by Gasteiger charge is 2.36. The number of alkyl halides is 3. The molecule has 1 unspecified atom stereocenters. The Labute approximate surface area is 145 Å². The fourth-order valence-corrected chi connectivity index (χ4v) is 3.30. The molecule has 1 saturated heterocycles.